The fourth-order valence-electron chi connectivity index (χ4n) is 4.48. The van der Waals surface area contributed by atoms with E-state index in [-0.39, 0.29) is 17.9 Å². The van der Waals surface area contributed by atoms with Gasteiger partial charge < -0.3 is 15.2 Å². The molecule has 1 fully saturated rings. The van der Waals surface area contributed by atoms with Crippen LogP contribution < -0.4 is 5.73 Å². The van der Waals surface area contributed by atoms with Crippen molar-refractivity contribution in [2.45, 2.75) is 38.6 Å². The number of nitrogens with two attached hydrogens (primary N) is 1. The van der Waals surface area contributed by atoms with E-state index >= 15 is 0 Å². The van der Waals surface area contributed by atoms with Crippen molar-refractivity contribution < 1.29 is 9.32 Å². The van der Waals surface area contributed by atoms with Crippen molar-refractivity contribution in [2.24, 2.45) is 5.92 Å². The maximum Gasteiger partial charge on any atom is 0.261 e. The highest BCUT2D eigenvalue weighted by Crippen LogP contribution is 2.50. The molecular formula is C26H29N7O2. The number of aryl methyl sites for hydroxylation is 1. The summed E-state index contributed by atoms with van der Waals surface area (Å²) in [6, 6.07) is 12.3. The number of anilines is 1. The van der Waals surface area contributed by atoms with Gasteiger partial charge in [0.2, 0.25) is 5.91 Å². The number of carbonyl (C=O) groups is 1. The number of carbonyl (C=O) groups excluding carboxylic acids is 1. The number of hydrogen-bond donors (Lipinski definition) is 1. The molecule has 1 atom stereocenters. The molecule has 0 aliphatic heterocycles. The molecule has 1 aliphatic rings. The van der Waals surface area contributed by atoms with Crippen molar-refractivity contribution in [1.29, 1.82) is 0 Å². The predicted octanol–water partition coefficient (Wildman–Crippen LogP) is 3.69. The van der Waals surface area contributed by atoms with Gasteiger partial charge in [-0.1, -0.05) is 29.4 Å². The number of benzene rings is 1. The SMILES string of the molecule is Cc1nc(N)ccc1-c1ccc([C@](C)(c2noc(-c3cnn(CC(=O)N(C)C)c3)n2)C2CC2)cc1. The summed E-state index contributed by atoms with van der Waals surface area (Å²) in [6.07, 6.45) is 5.64. The number of pyridine rings is 1. The Hall–Kier alpha value is -4.01. The first-order valence-electron chi connectivity index (χ1n) is 11.7. The zero-order valence-corrected chi connectivity index (χ0v) is 20.4. The first kappa shape index (κ1) is 22.8. The summed E-state index contributed by atoms with van der Waals surface area (Å²) in [4.78, 5) is 22.7. The lowest BCUT2D eigenvalue weighted by Crippen LogP contribution is -2.28. The topological polar surface area (TPSA) is 116 Å². The van der Waals surface area contributed by atoms with Gasteiger partial charge in [-0.2, -0.15) is 10.1 Å². The smallest absolute Gasteiger partial charge is 0.261 e. The first-order chi connectivity index (χ1) is 16.8. The highest BCUT2D eigenvalue weighted by Gasteiger charge is 2.47. The van der Waals surface area contributed by atoms with E-state index in [0.717, 1.165) is 35.2 Å². The van der Waals surface area contributed by atoms with Crippen LogP contribution in [0.5, 0.6) is 0 Å². The molecule has 0 spiro atoms. The van der Waals surface area contributed by atoms with Gasteiger partial charge in [0, 0.05) is 31.5 Å². The van der Waals surface area contributed by atoms with E-state index in [4.69, 9.17) is 15.2 Å². The number of nitrogens with zero attached hydrogens (tertiary/aromatic N) is 6. The molecule has 9 nitrogen and oxygen atoms in total. The zero-order chi connectivity index (χ0) is 24.7. The predicted molar refractivity (Wildman–Crippen MR) is 132 cm³/mol. The molecule has 0 saturated heterocycles. The monoisotopic (exact) mass is 471 g/mol. The molecule has 1 saturated carbocycles. The van der Waals surface area contributed by atoms with E-state index in [9.17, 15) is 4.79 Å². The van der Waals surface area contributed by atoms with E-state index in [1.165, 1.54) is 4.90 Å². The second-order valence-corrected chi connectivity index (χ2v) is 9.56. The third kappa shape index (κ3) is 4.29. The van der Waals surface area contributed by atoms with Gasteiger partial charge in [-0.05, 0) is 55.9 Å². The van der Waals surface area contributed by atoms with E-state index in [2.05, 4.69) is 46.4 Å². The van der Waals surface area contributed by atoms with Gasteiger partial charge >= 0.3 is 0 Å². The van der Waals surface area contributed by atoms with Gasteiger partial charge in [-0.25, -0.2) is 4.98 Å². The molecule has 0 unspecified atom stereocenters. The zero-order valence-electron chi connectivity index (χ0n) is 20.4. The molecule has 0 bridgehead atoms. The number of amides is 1. The van der Waals surface area contributed by atoms with Gasteiger partial charge in [0.25, 0.3) is 5.89 Å². The van der Waals surface area contributed by atoms with E-state index in [1.54, 1.807) is 31.2 Å². The van der Waals surface area contributed by atoms with Crippen LogP contribution >= 0.6 is 0 Å². The molecule has 2 N–H and O–H groups in total. The fourth-order valence-corrected chi connectivity index (χ4v) is 4.48. The maximum atomic E-state index is 12.0. The average Bonchev–Trinajstić information content (AvgIpc) is 3.39. The molecule has 5 rings (SSSR count). The second kappa shape index (κ2) is 8.65. The number of likely N-dealkylation sites (N-methyl/N-ethyl adjacent to an activating group) is 1. The van der Waals surface area contributed by atoms with Crippen LogP contribution in [0.4, 0.5) is 5.82 Å². The lowest BCUT2D eigenvalue weighted by atomic mass is 9.76. The van der Waals surface area contributed by atoms with Crippen LogP contribution in [0.3, 0.4) is 0 Å². The van der Waals surface area contributed by atoms with Crippen LogP contribution in [0.15, 0.2) is 53.3 Å². The molecule has 9 heteroatoms. The minimum Gasteiger partial charge on any atom is -0.384 e. The Bertz CT molecular complexity index is 1370. The molecular weight excluding hydrogens is 442 g/mol. The third-order valence-electron chi connectivity index (χ3n) is 6.86. The van der Waals surface area contributed by atoms with Gasteiger partial charge in [0.05, 0.1) is 17.2 Å². The van der Waals surface area contributed by atoms with Crippen molar-refractivity contribution in [3.05, 3.63) is 65.9 Å². The molecule has 0 radical (unpaired) electrons. The van der Waals surface area contributed by atoms with Crippen molar-refractivity contribution >= 4 is 11.7 Å². The van der Waals surface area contributed by atoms with Crippen LogP contribution in [0.2, 0.25) is 0 Å². The average molecular weight is 472 g/mol. The minimum absolute atomic E-state index is 0.0411. The Balaban J connectivity index is 1.42. The Morgan fingerprint density at radius 2 is 1.89 bits per heavy atom. The lowest BCUT2D eigenvalue weighted by Gasteiger charge is -2.27. The van der Waals surface area contributed by atoms with Crippen molar-refractivity contribution in [3.63, 3.8) is 0 Å². The van der Waals surface area contributed by atoms with Crippen LogP contribution in [0, 0.1) is 12.8 Å². The standard InChI is InChI=1S/C26H29N7O2/c1-16-21(11-12-22(27)29-16)17-5-7-19(8-6-17)26(2,20-9-10-20)25-30-24(35-31-25)18-13-28-33(14-18)15-23(34)32(3)4/h5-8,11-14,20H,9-10,15H2,1-4H3,(H2,27,29)/t26-/m0/s1. The van der Waals surface area contributed by atoms with Crippen LogP contribution in [-0.2, 0) is 16.8 Å². The Labute approximate surface area is 204 Å². The molecule has 3 aromatic heterocycles. The lowest BCUT2D eigenvalue weighted by molar-refractivity contribution is -0.129. The largest absolute Gasteiger partial charge is 0.384 e. The van der Waals surface area contributed by atoms with Crippen molar-refractivity contribution in [2.75, 3.05) is 19.8 Å². The van der Waals surface area contributed by atoms with Crippen LogP contribution in [0.1, 0.15) is 36.8 Å². The van der Waals surface area contributed by atoms with Gasteiger partial charge in [-0.15, -0.1) is 0 Å². The highest BCUT2D eigenvalue weighted by atomic mass is 16.5. The van der Waals surface area contributed by atoms with E-state index < -0.39 is 0 Å². The molecule has 1 aromatic carbocycles. The summed E-state index contributed by atoms with van der Waals surface area (Å²) in [5.41, 5.74) is 10.3. The molecule has 3 heterocycles. The van der Waals surface area contributed by atoms with Crippen molar-refractivity contribution in [1.82, 2.24) is 29.8 Å². The Morgan fingerprint density at radius 1 is 1.14 bits per heavy atom. The summed E-state index contributed by atoms with van der Waals surface area (Å²) in [5.74, 6) is 1.98. The molecule has 1 amide bonds. The molecule has 35 heavy (non-hydrogen) atoms. The van der Waals surface area contributed by atoms with Gasteiger partial charge in [0.15, 0.2) is 5.82 Å². The Morgan fingerprint density at radius 3 is 2.54 bits per heavy atom. The normalized spacial score (nSPS) is 15.1. The first-order valence-corrected chi connectivity index (χ1v) is 11.7. The second-order valence-electron chi connectivity index (χ2n) is 9.56. The van der Waals surface area contributed by atoms with Gasteiger partial charge in [0.1, 0.15) is 12.4 Å². The van der Waals surface area contributed by atoms with Crippen molar-refractivity contribution in [3.8, 4) is 22.6 Å². The van der Waals surface area contributed by atoms with Gasteiger partial charge in [-0.3, -0.25) is 9.48 Å². The number of rotatable bonds is 7. The maximum absolute atomic E-state index is 12.0. The van der Waals surface area contributed by atoms with Crippen LogP contribution in [-0.4, -0.2) is 49.8 Å². The number of hydrogen-bond acceptors (Lipinski definition) is 7. The highest BCUT2D eigenvalue weighted by molar-refractivity contribution is 5.75. The quantitative estimate of drug-likeness (QED) is 0.437. The third-order valence-corrected chi connectivity index (χ3v) is 6.86. The van der Waals surface area contributed by atoms with E-state index in [0.29, 0.717) is 29.0 Å². The number of aromatic nitrogens is 5. The van der Waals surface area contributed by atoms with Crippen LogP contribution in [0.25, 0.3) is 22.6 Å². The molecule has 1 aliphatic carbocycles. The molecule has 180 valence electrons. The summed E-state index contributed by atoms with van der Waals surface area (Å²) in [5, 5.41) is 8.65. The summed E-state index contributed by atoms with van der Waals surface area (Å²) >= 11 is 0. The molecule has 4 aromatic rings. The minimum atomic E-state index is -0.369. The summed E-state index contributed by atoms with van der Waals surface area (Å²) in [7, 11) is 3.44. The summed E-state index contributed by atoms with van der Waals surface area (Å²) < 4.78 is 7.23. The summed E-state index contributed by atoms with van der Waals surface area (Å²) in [6.45, 7) is 4.31. The fraction of sp³-hybridized carbons (Fsp3) is 0.346. The van der Waals surface area contributed by atoms with E-state index in [1.807, 2.05) is 19.1 Å². The Kier molecular flexibility index (Phi) is 5.62. The number of nitrogen functional groups attached to an aromatic ring is 1.